The normalized spacial score (nSPS) is 32.0. The van der Waals surface area contributed by atoms with Crippen molar-refractivity contribution in [2.75, 3.05) is 24.7 Å². The summed E-state index contributed by atoms with van der Waals surface area (Å²) in [6.07, 6.45) is 7.83. The Morgan fingerprint density at radius 1 is 1.11 bits per heavy atom. The van der Waals surface area contributed by atoms with Crippen LogP contribution in [0.25, 0.3) is 0 Å². The van der Waals surface area contributed by atoms with E-state index in [1.54, 1.807) is 4.90 Å². The molecule has 2 saturated heterocycles. The van der Waals surface area contributed by atoms with E-state index in [4.69, 9.17) is 9.47 Å². The van der Waals surface area contributed by atoms with Gasteiger partial charge in [-0.05, 0) is 43.7 Å². The van der Waals surface area contributed by atoms with E-state index in [1.807, 2.05) is 70.2 Å². The average Bonchev–Trinajstić information content (AvgIpc) is 3.22. The Labute approximate surface area is 217 Å². The molecule has 1 spiro atoms. The number of rotatable bonds is 5. The summed E-state index contributed by atoms with van der Waals surface area (Å²) in [4.78, 5) is 45.2. The van der Waals surface area contributed by atoms with E-state index >= 15 is 0 Å². The quantitative estimate of drug-likeness (QED) is 0.485. The lowest BCUT2D eigenvalue weighted by atomic mass is 9.77. The van der Waals surface area contributed by atoms with Gasteiger partial charge in [0, 0.05) is 12.2 Å². The van der Waals surface area contributed by atoms with Gasteiger partial charge in [-0.1, -0.05) is 56.4 Å². The lowest BCUT2D eigenvalue weighted by Gasteiger charge is -2.39. The molecular weight excluding hydrogens is 472 g/mol. The van der Waals surface area contributed by atoms with Crippen LogP contribution < -0.4 is 4.90 Å². The number of cyclic esters (lactones) is 1. The number of amides is 2. The van der Waals surface area contributed by atoms with Crippen LogP contribution in [0.3, 0.4) is 0 Å². The first-order valence-corrected chi connectivity index (χ1v) is 13.2. The van der Waals surface area contributed by atoms with Crippen molar-refractivity contribution in [3.05, 3.63) is 53.6 Å². The summed E-state index contributed by atoms with van der Waals surface area (Å²) in [5, 5.41) is 10.4. The molecule has 4 aliphatic rings. The van der Waals surface area contributed by atoms with Gasteiger partial charge in [-0.15, -0.1) is 0 Å². The molecule has 0 aliphatic carbocycles. The Balaban J connectivity index is 1.67. The number of para-hydroxylation sites is 1. The summed E-state index contributed by atoms with van der Waals surface area (Å²) in [5.41, 5.74) is 1.36. The molecule has 0 aromatic heterocycles. The summed E-state index contributed by atoms with van der Waals surface area (Å²) in [6, 6.07) is 4.27. The Bertz CT molecular complexity index is 1140. The number of benzene rings is 1. The highest BCUT2D eigenvalue weighted by Crippen LogP contribution is 2.54. The maximum absolute atomic E-state index is 14.6. The first kappa shape index (κ1) is 25.7. The highest BCUT2D eigenvalue weighted by Gasteiger charge is 2.72. The topological polar surface area (TPSA) is 96.4 Å². The van der Waals surface area contributed by atoms with Crippen LogP contribution in [0.1, 0.15) is 37.8 Å². The van der Waals surface area contributed by atoms with E-state index < -0.39 is 41.6 Å². The van der Waals surface area contributed by atoms with Crippen molar-refractivity contribution in [1.82, 2.24) is 4.90 Å². The highest BCUT2D eigenvalue weighted by atomic mass is 16.6. The van der Waals surface area contributed by atoms with Gasteiger partial charge < -0.3 is 24.4 Å². The summed E-state index contributed by atoms with van der Waals surface area (Å²) < 4.78 is 12.1. The van der Waals surface area contributed by atoms with E-state index in [-0.39, 0.29) is 30.9 Å². The molecule has 8 nitrogen and oxygen atoms in total. The van der Waals surface area contributed by atoms with E-state index in [0.29, 0.717) is 19.4 Å². The number of aryl methyl sites for hydroxylation is 2. The number of hydrogen-bond donors (Lipinski definition) is 1. The molecule has 37 heavy (non-hydrogen) atoms. The number of aliphatic hydroxyl groups is 1. The third kappa shape index (κ3) is 4.01. The fourth-order valence-corrected chi connectivity index (χ4v) is 6.69. The summed E-state index contributed by atoms with van der Waals surface area (Å²) in [6.45, 7) is 8.21. The molecule has 0 bridgehead atoms. The van der Waals surface area contributed by atoms with E-state index in [2.05, 4.69) is 0 Å². The van der Waals surface area contributed by atoms with Crippen LogP contribution in [0.15, 0.2) is 42.5 Å². The Morgan fingerprint density at radius 2 is 1.84 bits per heavy atom. The number of anilines is 1. The van der Waals surface area contributed by atoms with Gasteiger partial charge in [0.15, 0.2) is 0 Å². The van der Waals surface area contributed by atoms with Gasteiger partial charge >= 0.3 is 5.97 Å². The van der Waals surface area contributed by atoms with E-state index in [9.17, 15) is 19.5 Å². The molecule has 1 aromatic carbocycles. The predicted octanol–water partition coefficient (Wildman–Crippen LogP) is 2.70. The first-order valence-electron chi connectivity index (χ1n) is 13.2. The van der Waals surface area contributed by atoms with Crippen LogP contribution in [0, 0.1) is 31.6 Å². The SMILES string of the molecule is Cc1cccc(C)c1N1CC=C[C@]23O[C@H]4C=CCCOC(=O)[C@H]4[C@H]2C(=O)N([C@@H](CO)CC(C)C)C3C1=O. The van der Waals surface area contributed by atoms with Crippen LogP contribution in [0.2, 0.25) is 0 Å². The van der Waals surface area contributed by atoms with Crippen molar-refractivity contribution >= 4 is 23.5 Å². The molecule has 6 atom stereocenters. The molecule has 0 saturated carbocycles. The number of esters is 1. The van der Waals surface area contributed by atoms with Crippen molar-refractivity contribution in [3.63, 3.8) is 0 Å². The summed E-state index contributed by atoms with van der Waals surface area (Å²) in [7, 11) is 0. The first-order chi connectivity index (χ1) is 17.7. The second kappa shape index (κ2) is 9.72. The van der Waals surface area contributed by atoms with Crippen molar-refractivity contribution in [2.24, 2.45) is 17.8 Å². The smallest absolute Gasteiger partial charge is 0.312 e. The zero-order valence-electron chi connectivity index (χ0n) is 21.9. The van der Waals surface area contributed by atoms with Gasteiger partial charge in [0.25, 0.3) is 5.91 Å². The van der Waals surface area contributed by atoms with Crippen LogP contribution in [0.4, 0.5) is 5.69 Å². The number of ether oxygens (including phenoxy) is 2. The molecule has 0 radical (unpaired) electrons. The van der Waals surface area contributed by atoms with Gasteiger partial charge in [0.2, 0.25) is 5.91 Å². The molecule has 5 rings (SSSR count). The third-order valence-electron chi connectivity index (χ3n) is 8.12. The maximum atomic E-state index is 14.6. The minimum Gasteiger partial charge on any atom is -0.465 e. The monoisotopic (exact) mass is 508 g/mol. The third-order valence-corrected chi connectivity index (χ3v) is 8.12. The van der Waals surface area contributed by atoms with E-state index in [0.717, 1.165) is 16.8 Å². The number of carbonyl (C=O) groups excluding carboxylic acids is 3. The zero-order valence-corrected chi connectivity index (χ0v) is 21.9. The van der Waals surface area contributed by atoms with Crippen LogP contribution in [-0.4, -0.2) is 71.3 Å². The number of aliphatic hydroxyl groups excluding tert-OH is 1. The molecule has 1 aromatic rings. The average molecular weight is 509 g/mol. The highest BCUT2D eigenvalue weighted by molar-refractivity contribution is 6.06. The lowest BCUT2D eigenvalue weighted by molar-refractivity contribution is -0.155. The van der Waals surface area contributed by atoms with Crippen molar-refractivity contribution in [1.29, 1.82) is 0 Å². The molecule has 1 unspecified atom stereocenters. The maximum Gasteiger partial charge on any atom is 0.312 e. The number of fused-ring (bicyclic) bond motifs is 2. The Morgan fingerprint density at radius 3 is 2.51 bits per heavy atom. The molecule has 4 heterocycles. The summed E-state index contributed by atoms with van der Waals surface area (Å²) >= 11 is 0. The van der Waals surface area contributed by atoms with Crippen molar-refractivity contribution < 1.29 is 29.0 Å². The number of hydrogen-bond acceptors (Lipinski definition) is 6. The number of likely N-dealkylation sites (tertiary alicyclic amines) is 1. The molecule has 198 valence electrons. The fourth-order valence-electron chi connectivity index (χ4n) is 6.69. The Kier molecular flexibility index (Phi) is 6.75. The standard InChI is InChI=1S/C29H36N2O6/c1-17(2)15-20(16-32)31-25-27(34)30(24-18(3)9-7-10-19(24)4)13-8-12-29(25)23(26(31)33)22-21(37-29)11-5-6-14-36-28(22)35/h5,7-12,17,20-23,25,32H,6,13-16H2,1-4H3/t20-,21+,22-,23+,25?,29+/m1/s1. The minimum absolute atomic E-state index is 0.176. The molecule has 2 amide bonds. The van der Waals surface area contributed by atoms with Crippen molar-refractivity contribution in [2.45, 2.75) is 64.3 Å². The molecular formula is C29H36N2O6. The lowest BCUT2D eigenvalue weighted by Crippen LogP contribution is -2.58. The molecule has 4 aliphatic heterocycles. The van der Waals surface area contributed by atoms with Gasteiger partial charge in [0.05, 0.1) is 31.3 Å². The number of carbonyl (C=O) groups is 3. The van der Waals surface area contributed by atoms with E-state index in [1.165, 1.54) is 4.90 Å². The van der Waals surface area contributed by atoms with Crippen LogP contribution in [0.5, 0.6) is 0 Å². The molecule has 2 fully saturated rings. The van der Waals surface area contributed by atoms with Gasteiger partial charge in [-0.3, -0.25) is 14.4 Å². The largest absolute Gasteiger partial charge is 0.465 e. The fraction of sp³-hybridized carbons (Fsp3) is 0.552. The van der Waals surface area contributed by atoms with Crippen molar-refractivity contribution in [3.8, 4) is 0 Å². The summed E-state index contributed by atoms with van der Waals surface area (Å²) in [5.74, 6) is -2.70. The van der Waals surface area contributed by atoms with Crippen LogP contribution in [-0.2, 0) is 23.9 Å². The minimum atomic E-state index is -1.34. The predicted molar refractivity (Wildman–Crippen MR) is 138 cm³/mol. The van der Waals surface area contributed by atoms with Gasteiger partial charge in [-0.2, -0.15) is 0 Å². The second-order valence-electron chi connectivity index (χ2n) is 11.0. The molecule has 1 N–H and O–H groups in total. The second-order valence-corrected chi connectivity index (χ2v) is 11.0. The molecule has 8 heteroatoms. The zero-order chi connectivity index (χ0) is 26.5. The Hall–Kier alpha value is -2.97. The van der Waals surface area contributed by atoms with Gasteiger partial charge in [0.1, 0.15) is 17.6 Å². The van der Waals surface area contributed by atoms with Gasteiger partial charge in [-0.25, -0.2) is 0 Å². The van der Waals surface area contributed by atoms with Crippen LogP contribution >= 0.6 is 0 Å². The number of nitrogens with zero attached hydrogens (tertiary/aromatic N) is 2.